The molecule has 1 aromatic carbocycles. The highest BCUT2D eigenvalue weighted by molar-refractivity contribution is 9.11. The third-order valence-corrected chi connectivity index (χ3v) is 3.26. The summed E-state index contributed by atoms with van der Waals surface area (Å²) in [5, 5.41) is 14.3. The van der Waals surface area contributed by atoms with E-state index in [2.05, 4.69) is 52.3 Å². The van der Waals surface area contributed by atoms with Gasteiger partial charge in [-0.15, -0.1) is 10.2 Å². The van der Waals surface area contributed by atoms with Gasteiger partial charge in [0.05, 0.1) is 0 Å². The lowest BCUT2D eigenvalue weighted by Crippen LogP contribution is -1.84. The Morgan fingerprint density at radius 3 is 2.18 bits per heavy atom. The second-order valence-electron chi connectivity index (χ2n) is 3.14. The van der Waals surface area contributed by atoms with Gasteiger partial charge in [0.1, 0.15) is 11.5 Å². The first kappa shape index (κ1) is 12.1. The van der Waals surface area contributed by atoms with Crippen LogP contribution in [-0.4, -0.2) is 10.2 Å². The summed E-state index contributed by atoms with van der Waals surface area (Å²) in [6.45, 7) is 0. The predicted molar refractivity (Wildman–Crippen MR) is 73.4 cm³/mol. The van der Waals surface area contributed by atoms with Crippen molar-refractivity contribution in [2.75, 3.05) is 11.5 Å². The highest BCUT2D eigenvalue weighted by atomic mass is 79.9. The molecule has 0 saturated carbocycles. The smallest absolute Gasteiger partial charge is 0.175 e. The summed E-state index contributed by atoms with van der Waals surface area (Å²) in [7, 11) is 0. The van der Waals surface area contributed by atoms with Crippen LogP contribution in [0.4, 0.5) is 23.0 Å². The van der Waals surface area contributed by atoms with E-state index >= 15 is 0 Å². The summed E-state index contributed by atoms with van der Waals surface area (Å²) in [5.41, 5.74) is 12.2. The molecule has 0 aliphatic carbocycles. The fourth-order valence-corrected chi connectivity index (χ4v) is 2.31. The zero-order valence-corrected chi connectivity index (χ0v) is 11.7. The molecule has 0 atom stereocenters. The predicted octanol–water partition coefficient (Wildman–Crippen LogP) is 3.51. The third kappa shape index (κ3) is 2.47. The molecule has 1 heterocycles. The standard InChI is InChI=1S/C9H8Br2N6/c10-4-2-1-3-5(11)6(4)14-15-7-8(12)16-17-9(7)13/h1-3H,(H5,12,13,16,17). The molecule has 0 radical (unpaired) electrons. The monoisotopic (exact) mass is 358 g/mol. The van der Waals surface area contributed by atoms with Crippen LogP contribution in [0.3, 0.4) is 0 Å². The molecule has 88 valence electrons. The van der Waals surface area contributed by atoms with Crippen LogP contribution in [0, 0.1) is 0 Å². The first-order valence-electron chi connectivity index (χ1n) is 4.54. The minimum absolute atomic E-state index is 0.217. The Kier molecular flexibility index (Phi) is 3.43. The Labute approximate surface area is 114 Å². The molecule has 0 aliphatic heterocycles. The van der Waals surface area contributed by atoms with Crippen molar-refractivity contribution in [3.05, 3.63) is 27.1 Å². The van der Waals surface area contributed by atoms with Crippen LogP contribution in [0.5, 0.6) is 0 Å². The minimum Gasteiger partial charge on any atom is -0.382 e. The number of aromatic nitrogens is 2. The summed E-state index contributed by atoms with van der Waals surface area (Å²) in [5.74, 6) is 0.504. The summed E-state index contributed by atoms with van der Waals surface area (Å²) in [6.07, 6.45) is 0. The first-order chi connectivity index (χ1) is 8.09. The molecule has 2 aromatic rings. The maximum Gasteiger partial charge on any atom is 0.175 e. The summed E-state index contributed by atoms with van der Waals surface area (Å²) >= 11 is 6.76. The number of aromatic amines is 1. The van der Waals surface area contributed by atoms with Crippen LogP contribution in [0.2, 0.25) is 0 Å². The Hall–Kier alpha value is -1.41. The normalized spacial score (nSPS) is 11.2. The van der Waals surface area contributed by atoms with Crippen LogP contribution in [-0.2, 0) is 0 Å². The maximum atomic E-state index is 5.61. The Morgan fingerprint density at radius 2 is 1.65 bits per heavy atom. The lowest BCUT2D eigenvalue weighted by molar-refractivity contribution is 1.11. The molecule has 0 saturated heterocycles. The molecule has 5 N–H and O–H groups in total. The summed E-state index contributed by atoms with van der Waals surface area (Å²) < 4.78 is 1.63. The van der Waals surface area contributed by atoms with Gasteiger partial charge in [-0.25, -0.2) is 0 Å². The van der Waals surface area contributed by atoms with E-state index in [0.29, 0.717) is 11.4 Å². The summed E-state index contributed by atoms with van der Waals surface area (Å²) in [4.78, 5) is 0. The molecular formula is C9H8Br2N6. The fraction of sp³-hybridized carbons (Fsp3) is 0. The zero-order valence-electron chi connectivity index (χ0n) is 8.48. The molecule has 17 heavy (non-hydrogen) atoms. The largest absolute Gasteiger partial charge is 0.382 e. The third-order valence-electron chi connectivity index (χ3n) is 1.98. The van der Waals surface area contributed by atoms with E-state index in [4.69, 9.17) is 11.5 Å². The van der Waals surface area contributed by atoms with Crippen molar-refractivity contribution in [2.45, 2.75) is 0 Å². The number of hydrogen-bond acceptors (Lipinski definition) is 5. The van der Waals surface area contributed by atoms with Crippen molar-refractivity contribution in [2.24, 2.45) is 10.2 Å². The van der Waals surface area contributed by atoms with Gasteiger partial charge >= 0.3 is 0 Å². The quantitative estimate of drug-likeness (QED) is 0.714. The summed E-state index contributed by atoms with van der Waals surface area (Å²) in [6, 6.07) is 5.61. The number of nitrogens with zero attached hydrogens (tertiary/aromatic N) is 3. The number of H-pyrrole nitrogens is 1. The van der Waals surface area contributed by atoms with Crippen LogP contribution in [0.15, 0.2) is 37.4 Å². The van der Waals surface area contributed by atoms with E-state index in [9.17, 15) is 0 Å². The van der Waals surface area contributed by atoms with Crippen LogP contribution in [0.1, 0.15) is 0 Å². The SMILES string of the molecule is Nc1n[nH]c(N)c1N=Nc1c(Br)cccc1Br. The molecule has 0 fully saturated rings. The van der Waals surface area contributed by atoms with E-state index in [0.717, 1.165) is 8.95 Å². The van der Waals surface area contributed by atoms with E-state index in [1.54, 1.807) is 0 Å². The average molecular weight is 360 g/mol. The number of hydrogen-bond donors (Lipinski definition) is 3. The number of nitrogens with two attached hydrogens (primary N) is 2. The fourth-order valence-electron chi connectivity index (χ4n) is 1.15. The highest BCUT2D eigenvalue weighted by Gasteiger charge is 2.08. The van der Waals surface area contributed by atoms with Gasteiger partial charge in [0, 0.05) is 8.95 Å². The van der Waals surface area contributed by atoms with Crippen molar-refractivity contribution in [3.8, 4) is 0 Å². The molecule has 0 amide bonds. The second-order valence-corrected chi connectivity index (χ2v) is 4.85. The van der Waals surface area contributed by atoms with Crippen LogP contribution >= 0.6 is 31.9 Å². The van der Waals surface area contributed by atoms with Gasteiger partial charge in [-0.05, 0) is 44.0 Å². The van der Waals surface area contributed by atoms with Gasteiger partial charge in [0.15, 0.2) is 11.5 Å². The van der Waals surface area contributed by atoms with Crippen molar-refractivity contribution in [3.63, 3.8) is 0 Å². The van der Waals surface area contributed by atoms with Crippen molar-refractivity contribution in [1.82, 2.24) is 10.2 Å². The Morgan fingerprint density at radius 1 is 1.06 bits per heavy atom. The number of nitrogens with one attached hydrogen (secondary N) is 1. The van der Waals surface area contributed by atoms with Crippen LogP contribution in [0.25, 0.3) is 0 Å². The number of nitrogen functional groups attached to an aromatic ring is 2. The molecule has 6 nitrogen and oxygen atoms in total. The molecule has 0 aliphatic rings. The number of anilines is 2. The zero-order chi connectivity index (χ0) is 12.4. The van der Waals surface area contributed by atoms with Gasteiger partial charge in [0.2, 0.25) is 0 Å². The van der Waals surface area contributed by atoms with Gasteiger partial charge in [-0.1, -0.05) is 6.07 Å². The molecular weight excluding hydrogens is 352 g/mol. The first-order valence-corrected chi connectivity index (χ1v) is 6.13. The molecule has 8 heteroatoms. The lowest BCUT2D eigenvalue weighted by atomic mass is 10.3. The Balaban J connectivity index is 2.39. The molecule has 0 spiro atoms. The van der Waals surface area contributed by atoms with Gasteiger partial charge in [-0.2, -0.15) is 5.10 Å². The van der Waals surface area contributed by atoms with Gasteiger partial charge in [0.25, 0.3) is 0 Å². The molecule has 1 aromatic heterocycles. The number of rotatable bonds is 2. The maximum absolute atomic E-state index is 5.61. The average Bonchev–Trinajstić information content (AvgIpc) is 2.59. The number of benzene rings is 1. The van der Waals surface area contributed by atoms with E-state index in [-0.39, 0.29) is 11.6 Å². The highest BCUT2D eigenvalue weighted by Crippen LogP contribution is 2.36. The molecule has 0 bridgehead atoms. The van der Waals surface area contributed by atoms with Crippen molar-refractivity contribution in [1.29, 1.82) is 0 Å². The van der Waals surface area contributed by atoms with Gasteiger partial charge < -0.3 is 11.5 Å². The van der Waals surface area contributed by atoms with E-state index in [1.165, 1.54) is 0 Å². The van der Waals surface area contributed by atoms with Crippen molar-refractivity contribution >= 4 is 54.9 Å². The van der Waals surface area contributed by atoms with E-state index in [1.807, 2.05) is 18.2 Å². The van der Waals surface area contributed by atoms with E-state index < -0.39 is 0 Å². The topological polar surface area (TPSA) is 105 Å². The Bertz CT molecular complexity index is 537. The van der Waals surface area contributed by atoms with Crippen LogP contribution < -0.4 is 11.5 Å². The number of halogens is 2. The lowest BCUT2D eigenvalue weighted by Gasteiger charge is -1.99. The van der Waals surface area contributed by atoms with Crippen molar-refractivity contribution < 1.29 is 0 Å². The molecule has 0 unspecified atom stereocenters. The number of azo groups is 1. The minimum atomic E-state index is 0.217. The molecule has 2 rings (SSSR count). The van der Waals surface area contributed by atoms with Gasteiger partial charge in [-0.3, -0.25) is 5.10 Å². The second kappa shape index (κ2) is 4.84.